The molecule has 0 spiro atoms. The molecule has 2 heterocycles. The van der Waals surface area contributed by atoms with E-state index in [1.807, 2.05) is 36.7 Å². The van der Waals surface area contributed by atoms with Gasteiger partial charge in [-0.2, -0.15) is 0 Å². The molecule has 0 fully saturated rings. The predicted molar refractivity (Wildman–Crippen MR) is 134 cm³/mol. The van der Waals surface area contributed by atoms with Crippen molar-refractivity contribution >= 4 is 35.6 Å². The van der Waals surface area contributed by atoms with Crippen LogP contribution in [0.4, 0.5) is 5.69 Å². The molecule has 1 aliphatic rings. The number of rotatable bonds is 6. The van der Waals surface area contributed by atoms with Gasteiger partial charge < -0.3 is 24.7 Å². The zero-order valence-electron chi connectivity index (χ0n) is 17.6. The van der Waals surface area contributed by atoms with E-state index in [1.165, 1.54) is 5.56 Å². The van der Waals surface area contributed by atoms with Crippen molar-refractivity contribution in [3.8, 4) is 11.5 Å². The number of nitrogens with zero attached hydrogens (tertiary/aromatic N) is 3. The third-order valence-electron chi connectivity index (χ3n) is 4.87. The van der Waals surface area contributed by atoms with Crippen LogP contribution in [-0.4, -0.2) is 42.3 Å². The van der Waals surface area contributed by atoms with E-state index in [1.54, 1.807) is 7.05 Å². The largest absolute Gasteiger partial charge is 0.490 e. The van der Waals surface area contributed by atoms with Crippen LogP contribution in [0.3, 0.4) is 0 Å². The van der Waals surface area contributed by atoms with Crippen LogP contribution in [0.5, 0.6) is 11.5 Å². The van der Waals surface area contributed by atoms with Gasteiger partial charge >= 0.3 is 0 Å². The Kier molecular flexibility index (Phi) is 8.57. The number of benzene rings is 2. The highest BCUT2D eigenvalue weighted by molar-refractivity contribution is 14.0. The summed E-state index contributed by atoms with van der Waals surface area (Å²) in [6.45, 7) is 2.89. The molecule has 0 radical (unpaired) electrons. The minimum absolute atomic E-state index is 0. The van der Waals surface area contributed by atoms with Crippen LogP contribution in [0, 0.1) is 0 Å². The lowest BCUT2D eigenvalue weighted by molar-refractivity contribution is 0.297. The van der Waals surface area contributed by atoms with Crippen LogP contribution in [0.1, 0.15) is 17.8 Å². The zero-order chi connectivity index (χ0) is 20.6. The molecule has 0 saturated carbocycles. The van der Waals surface area contributed by atoms with Crippen LogP contribution in [0.25, 0.3) is 0 Å². The van der Waals surface area contributed by atoms with Crippen LogP contribution in [0.15, 0.2) is 65.9 Å². The first-order chi connectivity index (χ1) is 14.8. The Bertz CT molecular complexity index is 991. The fourth-order valence-electron chi connectivity index (χ4n) is 3.34. The SMILES string of the molecule is CN=C(NCCc1nccn1Cc1ccccc1)Nc1ccc2c(c1)OCCCO2.I. The van der Waals surface area contributed by atoms with Gasteiger partial charge in [0, 0.05) is 57.1 Å². The maximum Gasteiger partial charge on any atom is 0.195 e. The van der Waals surface area contributed by atoms with E-state index in [0.29, 0.717) is 19.2 Å². The van der Waals surface area contributed by atoms with Crippen molar-refractivity contribution < 1.29 is 9.47 Å². The summed E-state index contributed by atoms with van der Waals surface area (Å²) in [7, 11) is 1.76. The Balaban J connectivity index is 0.00000272. The van der Waals surface area contributed by atoms with Gasteiger partial charge in [-0.3, -0.25) is 4.99 Å². The van der Waals surface area contributed by atoms with Gasteiger partial charge in [0.2, 0.25) is 0 Å². The van der Waals surface area contributed by atoms with E-state index < -0.39 is 0 Å². The number of aromatic nitrogens is 2. The predicted octanol–water partition coefficient (Wildman–Crippen LogP) is 3.94. The monoisotopic (exact) mass is 533 g/mol. The van der Waals surface area contributed by atoms with E-state index in [2.05, 4.69) is 49.4 Å². The van der Waals surface area contributed by atoms with Crippen LogP contribution < -0.4 is 20.1 Å². The van der Waals surface area contributed by atoms with Crippen molar-refractivity contribution in [2.45, 2.75) is 19.4 Å². The molecule has 1 aromatic heterocycles. The molecule has 164 valence electrons. The number of imidazole rings is 1. The second kappa shape index (κ2) is 11.6. The Morgan fingerprint density at radius 1 is 1.10 bits per heavy atom. The van der Waals surface area contributed by atoms with Crippen molar-refractivity contribution in [3.05, 3.63) is 72.3 Å². The summed E-state index contributed by atoms with van der Waals surface area (Å²) in [5.74, 6) is 3.28. The van der Waals surface area contributed by atoms with E-state index in [-0.39, 0.29) is 24.0 Å². The van der Waals surface area contributed by atoms with Gasteiger partial charge in [-0.05, 0) is 17.7 Å². The van der Waals surface area contributed by atoms with Gasteiger partial charge in [0.15, 0.2) is 17.5 Å². The smallest absolute Gasteiger partial charge is 0.195 e. The van der Waals surface area contributed by atoms with Gasteiger partial charge in [0.1, 0.15) is 5.82 Å². The van der Waals surface area contributed by atoms with Gasteiger partial charge in [0.25, 0.3) is 0 Å². The zero-order valence-corrected chi connectivity index (χ0v) is 19.9. The van der Waals surface area contributed by atoms with Gasteiger partial charge in [-0.1, -0.05) is 30.3 Å². The first-order valence-electron chi connectivity index (χ1n) is 10.2. The van der Waals surface area contributed by atoms with E-state index in [4.69, 9.17) is 9.47 Å². The van der Waals surface area contributed by atoms with Crippen LogP contribution in [0.2, 0.25) is 0 Å². The number of hydrogen-bond donors (Lipinski definition) is 2. The highest BCUT2D eigenvalue weighted by Gasteiger charge is 2.11. The molecule has 8 heteroatoms. The third kappa shape index (κ3) is 6.36. The summed E-state index contributed by atoms with van der Waals surface area (Å²) in [6.07, 6.45) is 5.55. The number of hydrogen-bond acceptors (Lipinski definition) is 4. The number of aliphatic imine (C=N–C) groups is 1. The molecule has 0 saturated heterocycles. The van der Waals surface area contributed by atoms with Crippen LogP contribution >= 0.6 is 24.0 Å². The second-order valence-corrected chi connectivity index (χ2v) is 7.04. The molecule has 1 aliphatic heterocycles. The lowest BCUT2D eigenvalue weighted by Gasteiger charge is -2.14. The van der Waals surface area contributed by atoms with Crippen molar-refractivity contribution in [3.63, 3.8) is 0 Å². The molecular formula is C23H28IN5O2. The number of nitrogens with one attached hydrogen (secondary N) is 2. The maximum atomic E-state index is 5.76. The van der Waals surface area contributed by atoms with Gasteiger partial charge in [0.05, 0.1) is 13.2 Å². The molecule has 0 amide bonds. The molecule has 0 aliphatic carbocycles. The molecule has 3 aromatic rings. The average Bonchev–Trinajstić information content (AvgIpc) is 3.07. The number of guanidine groups is 1. The maximum absolute atomic E-state index is 5.76. The normalized spacial score (nSPS) is 13.1. The van der Waals surface area contributed by atoms with Crippen molar-refractivity contribution in [2.75, 3.05) is 32.1 Å². The number of anilines is 1. The van der Waals surface area contributed by atoms with E-state index in [0.717, 1.165) is 48.9 Å². The summed E-state index contributed by atoms with van der Waals surface area (Å²) >= 11 is 0. The molecule has 2 aromatic carbocycles. The fourth-order valence-corrected chi connectivity index (χ4v) is 3.34. The Morgan fingerprint density at radius 3 is 2.71 bits per heavy atom. The van der Waals surface area contributed by atoms with E-state index in [9.17, 15) is 0 Å². The summed E-state index contributed by atoms with van der Waals surface area (Å²) in [5.41, 5.74) is 2.16. The fraction of sp³-hybridized carbons (Fsp3) is 0.304. The topological polar surface area (TPSA) is 72.7 Å². The van der Waals surface area contributed by atoms with Crippen molar-refractivity contribution in [2.24, 2.45) is 4.99 Å². The first-order valence-corrected chi connectivity index (χ1v) is 10.2. The minimum Gasteiger partial charge on any atom is -0.490 e. The molecular weight excluding hydrogens is 505 g/mol. The van der Waals surface area contributed by atoms with Crippen molar-refractivity contribution in [1.29, 1.82) is 0 Å². The standard InChI is InChI=1S/C23H27N5O2.HI/c1-24-23(27-19-8-9-20-21(16-19)30-15-5-14-29-20)26-11-10-22-25-12-13-28(22)17-18-6-3-2-4-7-18;/h2-4,6-9,12-13,16H,5,10-11,14-15,17H2,1H3,(H2,24,26,27);1H. The molecule has 2 N–H and O–H groups in total. The Hall–Kier alpha value is -2.75. The van der Waals surface area contributed by atoms with Gasteiger partial charge in [-0.25, -0.2) is 4.98 Å². The highest BCUT2D eigenvalue weighted by atomic mass is 127. The van der Waals surface area contributed by atoms with E-state index >= 15 is 0 Å². The third-order valence-corrected chi connectivity index (χ3v) is 4.87. The van der Waals surface area contributed by atoms with Gasteiger partial charge in [-0.15, -0.1) is 24.0 Å². The molecule has 0 unspecified atom stereocenters. The molecule has 0 atom stereocenters. The lowest BCUT2D eigenvalue weighted by Crippen LogP contribution is -2.32. The number of halogens is 1. The highest BCUT2D eigenvalue weighted by Crippen LogP contribution is 2.32. The Morgan fingerprint density at radius 2 is 1.90 bits per heavy atom. The summed E-state index contributed by atoms with van der Waals surface area (Å²) in [5, 5.41) is 6.66. The number of fused-ring (bicyclic) bond motifs is 1. The molecule has 31 heavy (non-hydrogen) atoms. The molecule has 0 bridgehead atoms. The quantitative estimate of drug-likeness (QED) is 0.286. The summed E-state index contributed by atoms with van der Waals surface area (Å²) in [6, 6.07) is 16.2. The number of ether oxygens (including phenoxy) is 2. The summed E-state index contributed by atoms with van der Waals surface area (Å²) in [4.78, 5) is 8.83. The van der Waals surface area contributed by atoms with Crippen LogP contribution in [-0.2, 0) is 13.0 Å². The average molecular weight is 533 g/mol. The molecule has 4 rings (SSSR count). The minimum atomic E-state index is 0. The summed E-state index contributed by atoms with van der Waals surface area (Å²) < 4.78 is 13.6. The molecule has 7 nitrogen and oxygen atoms in total. The Labute approximate surface area is 199 Å². The second-order valence-electron chi connectivity index (χ2n) is 7.04. The lowest BCUT2D eigenvalue weighted by atomic mass is 10.2. The first kappa shape index (κ1) is 22.9. The van der Waals surface area contributed by atoms with Crippen molar-refractivity contribution in [1.82, 2.24) is 14.9 Å².